The highest BCUT2D eigenvalue weighted by Crippen LogP contribution is 2.26. The summed E-state index contributed by atoms with van der Waals surface area (Å²) in [5.74, 6) is 0.0986. The largest absolute Gasteiger partial charge is 0.349 e. The maximum atomic E-state index is 12.2. The number of rotatable bonds is 6. The summed E-state index contributed by atoms with van der Waals surface area (Å²) in [4.78, 5) is 30.0. The number of anilines is 2. The highest BCUT2D eigenvalue weighted by Gasteiger charge is 2.10. The van der Waals surface area contributed by atoms with Crippen LogP contribution in [0.4, 0.5) is 10.8 Å². The topological polar surface area (TPSA) is 62.3 Å². The van der Waals surface area contributed by atoms with Gasteiger partial charge in [0.15, 0.2) is 5.13 Å². The SMILES string of the molecule is CCN(CC)c1nc(=O)c2cc(NC(=O)CCCl)ccc2s1. The minimum absolute atomic E-state index is 0.168. The van der Waals surface area contributed by atoms with Crippen molar-refractivity contribution < 1.29 is 4.79 Å². The van der Waals surface area contributed by atoms with E-state index < -0.39 is 0 Å². The van der Waals surface area contributed by atoms with Crippen molar-refractivity contribution in [1.82, 2.24) is 4.98 Å². The Balaban J connectivity index is 2.38. The van der Waals surface area contributed by atoms with Crippen molar-refractivity contribution in [2.24, 2.45) is 0 Å². The molecule has 2 rings (SSSR count). The second kappa shape index (κ2) is 7.56. The van der Waals surface area contributed by atoms with Crippen molar-refractivity contribution in [3.05, 3.63) is 28.6 Å². The molecule has 1 aromatic carbocycles. The first kappa shape index (κ1) is 16.7. The molecule has 2 aromatic rings. The van der Waals surface area contributed by atoms with Crippen LogP contribution in [0.25, 0.3) is 10.1 Å². The van der Waals surface area contributed by atoms with Crippen LogP contribution in [0, 0.1) is 0 Å². The number of carbonyl (C=O) groups is 1. The first-order valence-electron chi connectivity index (χ1n) is 7.14. The third kappa shape index (κ3) is 3.75. The molecule has 0 bridgehead atoms. The fraction of sp³-hybridized carbons (Fsp3) is 0.400. The fourth-order valence-corrected chi connectivity index (χ4v) is 3.35. The Morgan fingerprint density at radius 3 is 2.73 bits per heavy atom. The van der Waals surface area contributed by atoms with Gasteiger partial charge in [0.25, 0.3) is 5.56 Å². The predicted octanol–water partition coefficient (Wildman–Crippen LogP) is 3.07. The van der Waals surface area contributed by atoms with Crippen molar-refractivity contribution >= 4 is 49.7 Å². The minimum Gasteiger partial charge on any atom is -0.349 e. The summed E-state index contributed by atoms with van der Waals surface area (Å²) in [7, 11) is 0. The molecule has 0 spiro atoms. The van der Waals surface area contributed by atoms with E-state index in [2.05, 4.69) is 10.3 Å². The van der Waals surface area contributed by atoms with Gasteiger partial charge in [0.1, 0.15) is 0 Å². The summed E-state index contributed by atoms with van der Waals surface area (Å²) in [6, 6.07) is 5.29. The molecule has 0 unspecified atom stereocenters. The summed E-state index contributed by atoms with van der Waals surface area (Å²) < 4.78 is 0.859. The van der Waals surface area contributed by atoms with E-state index in [1.54, 1.807) is 12.1 Å². The molecule has 0 radical (unpaired) electrons. The molecule has 1 N–H and O–H groups in total. The summed E-state index contributed by atoms with van der Waals surface area (Å²) in [5.41, 5.74) is 0.313. The summed E-state index contributed by atoms with van der Waals surface area (Å²) in [6.07, 6.45) is 0.242. The van der Waals surface area contributed by atoms with E-state index in [0.29, 0.717) is 11.1 Å². The molecule has 118 valence electrons. The van der Waals surface area contributed by atoms with Crippen LogP contribution in [0.5, 0.6) is 0 Å². The van der Waals surface area contributed by atoms with Gasteiger partial charge in [-0.15, -0.1) is 11.6 Å². The van der Waals surface area contributed by atoms with Crippen LogP contribution in [0.1, 0.15) is 20.3 Å². The van der Waals surface area contributed by atoms with Crippen LogP contribution in [-0.2, 0) is 4.79 Å². The predicted molar refractivity (Wildman–Crippen MR) is 93.4 cm³/mol. The summed E-state index contributed by atoms with van der Waals surface area (Å²) in [6.45, 7) is 5.67. The molecule has 1 amide bonds. The fourth-order valence-electron chi connectivity index (χ4n) is 2.07. The molecule has 5 nitrogen and oxygen atoms in total. The molecular formula is C15H18ClN3O2S. The van der Waals surface area contributed by atoms with Crippen LogP contribution in [0.15, 0.2) is 23.0 Å². The van der Waals surface area contributed by atoms with Gasteiger partial charge in [-0.3, -0.25) is 9.59 Å². The molecule has 22 heavy (non-hydrogen) atoms. The van der Waals surface area contributed by atoms with E-state index in [0.717, 1.165) is 22.9 Å². The zero-order valence-corrected chi connectivity index (χ0v) is 14.1. The quantitative estimate of drug-likeness (QED) is 0.821. The maximum Gasteiger partial charge on any atom is 0.281 e. The van der Waals surface area contributed by atoms with Gasteiger partial charge in [-0.2, -0.15) is 4.98 Å². The lowest BCUT2D eigenvalue weighted by Crippen LogP contribution is -2.24. The second-order valence-electron chi connectivity index (χ2n) is 4.67. The highest BCUT2D eigenvalue weighted by molar-refractivity contribution is 7.21. The Labute approximate surface area is 137 Å². The summed E-state index contributed by atoms with van der Waals surface area (Å²) >= 11 is 7.01. The molecule has 1 aromatic heterocycles. The van der Waals surface area contributed by atoms with E-state index >= 15 is 0 Å². The number of alkyl halides is 1. The van der Waals surface area contributed by atoms with Gasteiger partial charge in [0, 0.05) is 35.8 Å². The average molecular weight is 340 g/mol. The molecule has 0 saturated heterocycles. The second-order valence-corrected chi connectivity index (χ2v) is 6.06. The highest BCUT2D eigenvalue weighted by atomic mass is 35.5. The monoisotopic (exact) mass is 339 g/mol. The van der Waals surface area contributed by atoms with Crippen molar-refractivity contribution in [3.8, 4) is 0 Å². The average Bonchev–Trinajstić information content (AvgIpc) is 2.49. The lowest BCUT2D eigenvalue weighted by Gasteiger charge is -2.18. The van der Waals surface area contributed by atoms with Crippen molar-refractivity contribution in [2.75, 3.05) is 29.2 Å². The lowest BCUT2D eigenvalue weighted by molar-refractivity contribution is -0.115. The Bertz CT molecular complexity index is 728. The number of amides is 1. The number of benzene rings is 1. The van der Waals surface area contributed by atoms with Gasteiger partial charge < -0.3 is 10.2 Å². The van der Waals surface area contributed by atoms with Gasteiger partial charge in [-0.05, 0) is 32.0 Å². The van der Waals surface area contributed by atoms with Crippen LogP contribution in [0.2, 0.25) is 0 Å². The van der Waals surface area contributed by atoms with Gasteiger partial charge in [-0.25, -0.2) is 0 Å². The number of hydrogen-bond acceptors (Lipinski definition) is 5. The molecule has 0 aliphatic carbocycles. The smallest absolute Gasteiger partial charge is 0.281 e. The van der Waals surface area contributed by atoms with Gasteiger partial charge >= 0.3 is 0 Å². The van der Waals surface area contributed by atoms with Gasteiger partial charge in [-0.1, -0.05) is 11.3 Å². The standard InChI is InChI=1S/C15H18ClN3O2S/c1-3-19(4-2)15-18-14(21)11-9-10(5-6-12(11)22-15)17-13(20)7-8-16/h5-6,9H,3-4,7-8H2,1-2H3,(H,17,20). The third-order valence-corrected chi connectivity index (χ3v) is 4.54. The Hall–Kier alpha value is -1.66. The normalized spacial score (nSPS) is 10.7. The molecule has 0 aliphatic rings. The van der Waals surface area contributed by atoms with Crippen molar-refractivity contribution in [2.45, 2.75) is 20.3 Å². The zero-order valence-electron chi connectivity index (χ0n) is 12.6. The number of carbonyl (C=O) groups excluding carboxylic acids is 1. The first-order valence-corrected chi connectivity index (χ1v) is 8.49. The molecule has 7 heteroatoms. The number of halogens is 1. The van der Waals surface area contributed by atoms with E-state index in [1.165, 1.54) is 11.3 Å². The molecule has 0 aliphatic heterocycles. The number of aromatic nitrogens is 1. The van der Waals surface area contributed by atoms with E-state index in [9.17, 15) is 9.59 Å². The van der Waals surface area contributed by atoms with Gasteiger partial charge in [0.05, 0.1) is 5.39 Å². The van der Waals surface area contributed by atoms with Gasteiger partial charge in [0.2, 0.25) is 5.91 Å². The van der Waals surface area contributed by atoms with Crippen LogP contribution >= 0.6 is 22.9 Å². The number of nitrogens with one attached hydrogen (secondary N) is 1. The molecule has 1 heterocycles. The molecule has 0 atom stereocenters. The number of hydrogen-bond donors (Lipinski definition) is 1. The van der Waals surface area contributed by atoms with E-state index in [4.69, 9.17) is 11.6 Å². The van der Waals surface area contributed by atoms with Crippen LogP contribution in [-0.4, -0.2) is 29.9 Å². The maximum absolute atomic E-state index is 12.2. The van der Waals surface area contributed by atoms with Crippen molar-refractivity contribution in [1.29, 1.82) is 0 Å². The lowest BCUT2D eigenvalue weighted by atomic mass is 10.2. The Kier molecular flexibility index (Phi) is 5.74. The molecule has 0 saturated carbocycles. The Morgan fingerprint density at radius 2 is 2.09 bits per heavy atom. The minimum atomic E-state index is -0.274. The van der Waals surface area contributed by atoms with E-state index in [1.807, 2.05) is 24.8 Å². The zero-order chi connectivity index (χ0) is 16.1. The summed E-state index contributed by atoms with van der Waals surface area (Å²) in [5, 5.41) is 3.97. The molecule has 0 fully saturated rings. The van der Waals surface area contributed by atoms with E-state index in [-0.39, 0.29) is 23.8 Å². The number of nitrogens with zero attached hydrogens (tertiary/aromatic N) is 2. The van der Waals surface area contributed by atoms with Crippen LogP contribution < -0.4 is 15.8 Å². The third-order valence-electron chi connectivity index (χ3n) is 3.25. The Morgan fingerprint density at radius 1 is 1.36 bits per heavy atom. The first-order chi connectivity index (χ1) is 10.6. The van der Waals surface area contributed by atoms with Crippen LogP contribution in [0.3, 0.4) is 0 Å². The molecular weight excluding hydrogens is 322 g/mol. The van der Waals surface area contributed by atoms with Crippen molar-refractivity contribution in [3.63, 3.8) is 0 Å². The number of fused-ring (bicyclic) bond motifs is 1.